The number of aryl methyl sites for hydroxylation is 1. The molecule has 138 valence electrons. The van der Waals surface area contributed by atoms with Gasteiger partial charge in [-0.3, -0.25) is 4.79 Å². The molecule has 0 saturated carbocycles. The third-order valence-electron chi connectivity index (χ3n) is 5.14. The number of fused-ring (bicyclic) bond motifs is 1. The van der Waals surface area contributed by atoms with E-state index in [9.17, 15) is 19.8 Å². The number of carboxylic acid groups (broad SMARTS) is 1. The van der Waals surface area contributed by atoms with Crippen LogP contribution in [-0.4, -0.2) is 45.4 Å². The van der Waals surface area contributed by atoms with E-state index in [0.29, 0.717) is 29.9 Å². The van der Waals surface area contributed by atoms with E-state index >= 15 is 0 Å². The van der Waals surface area contributed by atoms with Gasteiger partial charge in [0.1, 0.15) is 5.70 Å². The molecule has 2 atom stereocenters. The summed E-state index contributed by atoms with van der Waals surface area (Å²) in [5.74, 6) is -0.562. The summed E-state index contributed by atoms with van der Waals surface area (Å²) in [6, 6.07) is 5.64. The summed E-state index contributed by atoms with van der Waals surface area (Å²) in [5.41, 5.74) is -0.464. The summed E-state index contributed by atoms with van der Waals surface area (Å²) < 4.78 is 2.03. The quantitative estimate of drug-likeness (QED) is 0.389. The van der Waals surface area contributed by atoms with Crippen LogP contribution in [0.3, 0.4) is 0 Å². The maximum Gasteiger partial charge on any atom is 0.353 e. The third-order valence-corrected chi connectivity index (χ3v) is 6.41. The van der Waals surface area contributed by atoms with Gasteiger partial charge in [0.2, 0.25) is 5.91 Å². The summed E-state index contributed by atoms with van der Waals surface area (Å²) >= 11 is 1.48. The smallest absolute Gasteiger partial charge is 0.353 e. The lowest BCUT2D eigenvalue weighted by molar-refractivity contribution is -0.692. The standard InChI is InChI=1S/C19H22N2O4S/c1-2-6-19(7-11-22)14-13-15(23)21(14)16(18(24)25)17(19)26-12-10-20-8-4-3-5-9-20/h2-5,8-9,14,22H,1,6-7,10-13H2/p+1/t14-,19?/m1/s1. The first kappa shape index (κ1) is 18.7. The zero-order valence-corrected chi connectivity index (χ0v) is 15.3. The Morgan fingerprint density at radius 3 is 2.73 bits per heavy atom. The molecule has 2 N–H and O–H groups in total. The molecule has 26 heavy (non-hydrogen) atoms. The Morgan fingerprint density at radius 1 is 1.42 bits per heavy atom. The molecule has 2 aliphatic heterocycles. The number of amides is 1. The molecule has 1 fully saturated rings. The van der Waals surface area contributed by atoms with Crippen LogP contribution in [0.1, 0.15) is 19.3 Å². The molecule has 0 aromatic carbocycles. The van der Waals surface area contributed by atoms with Crippen LogP contribution in [0.25, 0.3) is 0 Å². The summed E-state index contributed by atoms with van der Waals surface area (Å²) in [4.78, 5) is 26.1. The number of β-lactam (4-membered cyclic amide) rings is 1. The molecule has 1 aromatic heterocycles. The highest BCUT2D eigenvalue weighted by Gasteiger charge is 2.60. The van der Waals surface area contributed by atoms with Crippen LogP contribution in [0.15, 0.2) is 53.8 Å². The van der Waals surface area contributed by atoms with Crippen LogP contribution in [0.5, 0.6) is 0 Å². The maximum absolute atomic E-state index is 12.1. The van der Waals surface area contributed by atoms with Gasteiger partial charge in [-0.05, 0) is 12.8 Å². The molecule has 1 saturated heterocycles. The van der Waals surface area contributed by atoms with Gasteiger partial charge < -0.3 is 15.1 Å². The maximum atomic E-state index is 12.1. The normalized spacial score (nSPS) is 24.4. The fraction of sp³-hybridized carbons (Fsp3) is 0.421. The number of pyridine rings is 1. The monoisotopic (exact) mass is 375 g/mol. The highest BCUT2D eigenvalue weighted by molar-refractivity contribution is 8.03. The minimum absolute atomic E-state index is 0.0588. The molecular weight excluding hydrogens is 352 g/mol. The van der Waals surface area contributed by atoms with Crippen LogP contribution in [0, 0.1) is 5.41 Å². The number of aromatic nitrogens is 1. The second-order valence-corrected chi connectivity index (χ2v) is 7.66. The molecule has 2 aliphatic rings. The van der Waals surface area contributed by atoms with Gasteiger partial charge in [-0.15, -0.1) is 18.3 Å². The lowest BCUT2D eigenvalue weighted by atomic mass is 9.72. The number of hydrogen-bond acceptors (Lipinski definition) is 4. The Hall–Kier alpha value is -2.12. The Balaban J connectivity index is 1.91. The van der Waals surface area contributed by atoms with Crippen LogP contribution >= 0.6 is 11.8 Å². The van der Waals surface area contributed by atoms with Crippen molar-refractivity contribution in [2.24, 2.45) is 5.41 Å². The Kier molecular flexibility index (Phi) is 5.48. The zero-order chi connectivity index (χ0) is 18.7. The van der Waals surface area contributed by atoms with Gasteiger partial charge in [-0.25, -0.2) is 9.36 Å². The van der Waals surface area contributed by atoms with Crippen molar-refractivity contribution in [1.82, 2.24) is 4.90 Å². The lowest BCUT2D eigenvalue weighted by Gasteiger charge is -2.45. The third kappa shape index (κ3) is 3.05. The summed E-state index contributed by atoms with van der Waals surface area (Å²) in [6.07, 6.45) is 6.97. The Bertz CT molecular complexity index is 749. The van der Waals surface area contributed by atoms with Crippen molar-refractivity contribution >= 4 is 23.6 Å². The number of thioether (sulfide) groups is 1. The average molecular weight is 375 g/mol. The van der Waals surface area contributed by atoms with Gasteiger partial charge in [-0.2, -0.15) is 0 Å². The van der Waals surface area contributed by atoms with Crippen LogP contribution in [0.4, 0.5) is 0 Å². The van der Waals surface area contributed by atoms with Crippen molar-refractivity contribution < 1.29 is 24.4 Å². The van der Waals surface area contributed by atoms with Gasteiger partial charge in [0, 0.05) is 35.5 Å². The molecule has 0 spiro atoms. The largest absolute Gasteiger partial charge is 0.477 e. The molecule has 3 heterocycles. The van der Waals surface area contributed by atoms with Gasteiger partial charge >= 0.3 is 5.97 Å². The van der Waals surface area contributed by atoms with E-state index in [1.165, 1.54) is 16.7 Å². The predicted octanol–water partition coefficient (Wildman–Crippen LogP) is 1.56. The van der Waals surface area contributed by atoms with Crippen LogP contribution in [0.2, 0.25) is 0 Å². The van der Waals surface area contributed by atoms with Crippen molar-refractivity contribution in [2.45, 2.75) is 31.8 Å². The molecule has 0 radical (unpaired) electrons. The van der Waals surface area contributed by atoms with Crippen LogP contribution < -0.4 is 4.57 Å². The number of carbonyl (C=O) groups is 2. The Morgan fingerprint density at radius 2 is 2.15 bits per heavy atom. The van der Waals surface area contributed by atoms with Crippen molar-refractivity contribution in [3.63, 3.8) is 0 Å². The number of aliphatic carboxylic acids is 1. The van der Waals surface area contributed by atoms with Gasteiger partial charge in [0.15, 0.2) is 18.9 Å². The fourth-order valence-corrected chi connectivity index (χ4v) is 5.39. The number of carbonyl (C=O) groups excluding carboxylic acids is 1. The van der Waals surface area contributed by atoms with E-state index in [4.69, 9.17) is 0 Å². The van der Waals surface area contributed by atoms with E-state index < -0.39 is 11.4 Å². The lowest BCUT2D eigenvalue weighted by Crippen LogP contribution is -2.56. The van der Waals surface area contributed by atoms with E-state index in [-0.39, 0.29) is 24.3 Å². The first-order chi connectivity index (χ1) is 12.5. The number of rotatable bonds is 9. The SMILES string of the molecule is C=CCC1(CCO)C(SCC[n+]2ccccc2)=C(C(=O)O)N2C(=O)C[C@@H]21. The number of allylic oxidation sites excluding steroid dienone is 1. The second-order valence-electron chi connectivity index (χ2n) is 6.55. The first-order valence-corrected chi connectivity index (χ1v) is 9.62. The molecule has 1 unspecified atom stereocenters. The number of hydrogen-bond donors (Lipinski definition) is 2. The fourth-order valence-electron chi connectivity index (χ4n) is 3.95. The number of aliphatic hydroxyl groups excluding tert-OH is 1. The molecule has 1 amide bonds. The van der Waals surface area contributed by atoms with E-state index in [1.54, 1.807) is 6.08 Å². The number of carboxylic acids is 1. The second kappa shape index (κ2) is 7.63. The molecule has 1 aromatic rings. The van der Waals surface area contributed by atoms with Crippen molar-refractivity contribution in [3.8, 4) is 0 Å². The number of nitrogens with zero attached hydrogens (tertiary/aromatic N) is 2. The average Bonchev–Trinajstić information content (AvgIpc) is 2.82. The zero-order valence-electron chi connectivity index (χ0n) is 14.5. The van der Waals surface area contributed by atoms with E-state index in [0.717, 1.165) is 6.54 Å². The van der Waals surface area contributed by atoms with Crippen LogP contribution in [-0.2, 0) is 16.1 Å². The van der Waals surface area contributed by atoms with Crippen molar-refractivity contribution in [1.29, 1.82) is 0 Å². The number of aliphatic hydroxyl groups is 1. The molecule has 0 aliphatic carbocycles. The summed E-state index contributed by atoms with van der Waals surface area (Å²) in [7, 11) is 0. The topological polar surface area (TPSA) is 81.7 Å². The minimum Gasteiger partial charge on any atom is -0.477 e. The molecular formula is C19H23N2O4S+. The first-order valence-electron chi connectivity index (χ1n) is 8.64. The highest BCUT2D eigenvalue weighted by Crippen LogP contribution is 2.58. The highest BCUT2D eigenvalue weighted by atomic mass is 32.2. The van der Waals surface area contributed by atoms with Gasteiger partial charge in [0.05, 0.1) is 11.8 Å². The van der Waals surface area contributed by atoms with E-state index in [1.807, 2.05) is 35.2 Å². The summed E-state index contributed by atoms with van der Waals surface area (Å²) in [5, 5.41) is 19.4. The van der Waals surface area contributed by atoms with Gasteiger partial charge in [-0.1, -0.05) is 12.1 Å². The van der Waals surface area contributed by atoms with E-state index in [2.05, 4.69) is 6.58 Å². The summed E-state index contributed by atoms with van der Waals surface area (Å²) in [6.45, 7) is 4.49. The predicted molar refractivity (Wildman–Crippen MR) is 98.0 cm³/mol. The van der Waals surface area contributed by atoms with Gasteiger partial charge in [0.25, 0.3) is 0 Å². The minimum atomic E-state index is -1.08. The molecule has 0 bridgehead atoms. The molecule has 6 nitrogen and oxygen atoms in total. The molecule has 3 rings (SSSR count). The molecule has 7 heteroatoms. The van der Waals surface area contributed by atoms with Crippen molar-refractivity contribution in [2.75, 3.05) is 12.4 Å². The van der Waals surface area contributed by atoms with Crippen molar-refractivity contribution in [3.05, 3.63) is 53.8 Å². The Labute approximate surface area is 156 Å².